The van der Waals surface area contributed by atoms with Crippen molar-refractivity contribution < 1.29 is 0 Å². The summed E-state index contributed by atoms with van der Waals surface area (Å²) < 4.78 is 0.865. The molecule has 5 nitrogen and oxygen atoms in total. The first kappa shape index (κ1) is 10.1. The van der Waals surface area contributed by atoms with Crippen LogP contribution in [0.4, 0.5) is 5.95 Å². The molecule has 2 heterocycles. The minimum atomic E-state index is 0.130. The summed E-state index contributed by atoms with van der Waals surface area (Å²) in [4.78, 5) is 8.26. The average Bonchev–Trinajstić information content (AvgIpc) is 2.74. The van der Waals surface area contributed by atoms with Crippen LogP contribution in [0.5, 0.6) is 0 Å². The molecule has 0 saturated carbocycles. The zero-order valence-corrected chi connectivity index (χ0v) is 9.69. The van der Waals surface area contributed by atoms with Crippen LogP contribution >= 0.6 is 15.9 Å². The highest BCUT2D eigenvalue weighted by molar-refractivity contribution is 9.10. The minimum Gasteiger partial charge on any atom is -0.348 e. The second kappa shape index (κ2) is 4.39. The molecule has 0 aliphatic carbocycles. The fraction of sp³-hybridized carbons (Fsp3) is 0.222. The van der Waals surface area contributed by atoms with Crippen molar-refractivity contribution in [2.24, 2.45) is 0 Å². The van der Waals surface area contributed by atoms with Gasteiger partial charge in [0.2, 0.25) is 5.95 Å². The van der Waals surface area contributed by atoms with Gasteiger partial charge >= 0.3 is 0 Å². The van der Waals surface area contributed by atoms with E-state index in [4.69, 9.17) is 0 Å². The highest BCUT2D eigenvalue weighted by Gasteiger charge is 2.07. The predicted octanol–water partition coefficient (Wildman–Crippen LogP) is 2.14. The molecule has 0 radical (unpaired) electrons. The number of nitrogens with zero attached hydrogens (tertiary/aromatic N) is 3. The maximum absolute atomic E-state index is 4.13. The molecule has 0 aliphatic rings. The Bertz CT molecular complexity index is 411. The third-order valence-corrected chi connectivity index (χ3v) is 2.39. The number of anilines is 1. The van der Waals surface area contributed by atoms with Gasteiger partial charge in [-0.3, -0.25) is 5.10 Å². The standard InChI is InChI=1S/C9H10BrN5/c1-6(7-2-13-14-3-7)15-9-11-4-8(10)5-12-9/h2-6H,1H3,(H,13,14)(H,11,12,15). The first-order chi connectivity index (χ1) is 7.25. The number of H-pyrrole nitrogens is 1. The summed E-state index contributed by atoms with van der Waals surface area (Å²) in [6.45, 7) is 2.02. The topological polar surface area (TPSA) is 66.5 Å². The second-order valence-corrected chi connectivity index (χ2v) is 4.04. The summed E-state index contributed by atoms with van der Waals surface area (Å²) >= 11 is 3.28. The SMILES string of the molecule is CC(Nc1ncc(Br)cn1)c1cn[nH]c1. The molecule has 0 amide bonds. The fourth-order valence-electron chi connectivity index (χ4n) is 1.16. The van der Waals surface area contributed by atoms with Gasteiger partial charge in [-0.05, 0) is 22.9 Å². The number of hydrogen-bond donors (Lipinski definition) is 2. The smallest absolute Gasteiger partial charge is 0.223 e. The van der Waals surface area contributed by atoms with E-state index in [1.54, 1.807) is 18.6 Å². The molecule has 78 valence electrons. The quantitative estimate of drug-likeness (QED) is 0.894. The molecule has 0 aromatic carbocycles. The average molecular weight is 268 g/mol. The third kappa shape index (κ3) is 2.53. The molecular formula is C9H10BrN5. The summed E-state index contributed by atoms with van der Waals surface area (Å²) in [5, 5.41) is 9.82. The molecule has 2 N–H and O–H groups in total. The van der Waals surface area contributed by atoms with Gasteiger partial charge in [0.15, 0.2) is 0 Å². The van der Waals surface area contributed by atoms with Crippen molar-refractivity contribution in [3.63, 3.8) is 0 Å². The van der Waals surface area contributed by atoms with Crippen LogP contribution in [0.3, 0.4) is 0 Å². The molecular weight excluding hydrogens is 258 g/mol. The summed E-state index contributed by atoms with van der Waals surface area (Å²) in [6, 6.07) is 0.130. The monoisotopic (exact) mass is 267 g/mol. The molecule has 0 fully saturated rings. The number of aromatic amines is 1. The van der Waals surface area contributed by atoms with Crippen molar-refractivity contribution in [2.45, 2.75) is 13.0 Å². The number of halogens is 1. The van der Waals surface area contributed by atoms with Gasteiger partial charge < -0.3 is 5.32 Å². The molecule has 6 heteroatoms. The maximum atomic E-state index is 4.13. The molecule has 0 spiro atoms. The molecule has 1 atom stereocenters. The van der Waals surface area contributed by atoms with Crippen LogP contribution in [0.15, 0.2) is 29.3 Å². The van der Waals surface area contributed by atoms with Gasteiger partial charge in [-0.15, -0.1) is 0 Å². The summed E-state index contributed by atoms with van der Waals surface area (Å²) in [6.07, 6.45) is 7.03. The Balaban J connectivity index is 2.06. The fourth-order valence-corrected chi connectivity index (χ4v) is 1.37. The zero-order valence-electron chi connectivity index (χ0n) is 8.11. The molecule has 0 aliphatic heterocycles. The highest BCUT2D eigenvalue weighted by atomic mass is 79.9. The van der Waals surface area contributed by atoms with E-state index in [0.29, 0.717) is 5.95 Å². The van der Waals surface area contributed by atoms with E-state index >= 15 is 0 Å². The minimum absolute atomic E-state index is 0.130. The normalized spacial score (nSPS) is 12.4. The third-order valence-electron chi connectivity index (χ3n) is 1.99. The van der Waals surface area contributed by atoms with E-state index in [-0.39, 0.29) is 6.04 Å². The van der Waals surface area contributed by atoms with Crippen molar-refractivity contribution in [2.75, 3.05) is 5.32 Å². The van der Waals surface area contributed by atoms with Crippen molar-refractivity contribution in [3.8, 4) is 0 Å². The number of aromatic nitrogens is 4. The van der Waals surface area contributed by atoms with Crippen LogP contribution in [0, 0.1) is 0 Å². The van der Waals surface area contributed by atoms with Crippen LogP contribution < -0.4 is 5.32 Å². The predicted molar refractivity (Wildman–Crippen MR) is 60.4 cm³/mol. The molecule has 15 heavy (non-hydrogen) atoms. The first-order valence-corrected chi connectivity index (χ1v) is 5.28. The Kier molecular flexibility index (Phi) is 2.96. The van der Waals surface area contributed by atoms with Gasteiger partial charge in [0.25, 0.3) is 0 Å². The van der Waals surface area contributed by atoms with Gasteiger partial charge in [0, 0.05) is 24.2 Å². The Morgan fingerprint density at radius 1 is 1.33 bits per heavy atom. The van der Waals surface area contributed by atoms with Crippen LogP contribution in [-0.4, -0.2) is 20.2 Å². The van der Waals surface area contributed by atoms with Gasteiger partial charge in [-0.2, -0.15) is 5.10 Å². The van der Waals surface area contributed by atoms with Gasteiger partial charge in [-0.25, -0.2) is 9.97 Å². The number of rotatable bonds is 3. The molecule has 2 rings (SSSR count). The number of nitrogens with one attached hydrogen (secondary N) is 2. The lowest BCUT2D eigenvalue weighted by molar-refractivity contribution is 0.860. The van der Waals surface area contributed by atoms with E-state index < -0.39 is 0 Å². The van der Waals surface area contributed by atoms with Gasteiger partial charge in [0.1, 0.15) is 0 Å². The lowest BCUT2D eigenvalue weighted by Crippen LogP contribution is -2.08. The van der Waals surface area contributed by atoms with E-state index in [2.05, 4.69) is 41.4 Å². The summed E-state index contributed by atoms with van der Waals surface area (Å²) in [7, 11) is 0. The zero-order chi connectivity index (χ0) is 10.7. The molecule has 0 saturated heterocycles. The Morgan fingerprint density at radius 2 is 2.07 bits per heavy atom. The Hall–Kier alpha value is -1.43. The van der Waals surface area contributed by atoms with E-state index in [1.165, 1.54) is 0 Å². The molecule has 2 aromatic rings. The second-order valence-electron chi connectivity index (χ2n) is 3.12. The molecule has 0 bridgehead atoms. The maximum Gasteiger partial charge on any atom is 0.223 e. The molecule has 2 aromatic heterocycles. The van der Waals surface area contributed by atoms with Crippen LogP contribution in [0.2, 0.25) is 0 Å². The van der Waals surface area contributed by atoms with Crippen molar-refractivity contribution in [1.82, 2.24) is 20.2 Å². The largest absolute Gasteiger partial charge is 0.348 e. The van der Waals surface area contributed by atoms with Crippen molar-refractivity contribution in [3.05, 3.63) is 34.8 Å². The first-order valence-electron chi connectivity index (χ1n) is 4.48. The van der Waals surface area contributed by atoms with E-state index in [0.717, 1.165) is 10.0 Å². The summed E-state index contributed by atoms with van der Waals surface area (Å²) in [5.41, 5.74) is 1.07. The van der Waals surface area contributed by atoms with E-state index in [1.807, 2.05) is 13.1 Å². The Morgan fingerprint density at radius 3 is 2.67 bits per heavy atom. The lowest BCUT2D eigenvalue weighted by atomic mass is 10.2. The van der Waals surface area contributed by atoms with Crippen molar-refractivity contribution in [1.29, 1.82) is 0 Å². The lowest BCUT2D eigenvalue weighted by Gasteiger charge is -2.11. The van der Waals surface area contributed by atoms with Crippen LogP contribution in [-0.2, 0) is 0 Å². The molecule has 1 unspecified atom stereocenters. The Labute approximate surface area is 95.5 Å². The summed E-state index contributed by atoms with van der Waals surface area (Å²) in [5.74, 6) is 0.604. The van der Waals surface area contributed by atoms with Gasteiger partial charge in [-0.1, -0.05) is 0 Å². The van der Waals surface area contributed by atoms with Crippen LogP contribution in [0.25, 0.3) is 0 Å². The van der Waals surface area contributed by atoms with E-state index in [9.17, 15) is 0 Å². The highest BCUT2D eigenvalue weighted by Crippen LogP contribution is 2.15. The van der Waals surface area contributed by atoms with Gasteiger partial charge in [0.05, 0.1) is 16.7 Å². The van der Waals surface area contributed by atoms with Crippen molar-refractivity contribution >= 4 is 21.9 Å². The van der Waals surface area contributed by atoms with Crippen LogP contribution in [0.1, 0.15) is 18.5 Å². The number of hydrogen-bond acceptors (Lipinski definition) is 4.